The largest absolute Gasteiger partial charge is 0.465 e. The molecule has 1 aromatic heterocycles. The van der Waals surface area contributed by atoms with Crippen molar-refractivity contribution in [1.29, 1.82) is 0 Å². The fraction of sp³-hybridized carbons (Fsp3) is 0.400. The number of rotatable bonds is 3. The van der Waals surface area contributed by atoms with Crippen LogP contribution in [0.2, 0.25) is 0 Å². The second-order valence-electron chi connectivity index (χ2n) is 3.34. The fourth-order valence-electron chi connectivity index (χ4n) is 1.09. The Morgan fingerprint density at radius 2 is 2.27 bits per heavy atom. The number of hydrogen-bond donors (Lipinski definition) is 1. The molecule has 5 heteroatoms. The van der Waals surface area contributed by atoms with Crippen molar-refractivity contribution < 1.29 is 9.53 Å². The normalized spacial score (nSPS) is 10.2. The number of ether oxygens (including phenoxy) is 1. The Hall–Kier alpha value is -1.10. The number of nitrogens with one attached hydrogen (secondary N) is 1. The molecule has 15 heavy (non-hydrogen) atoms. The molecule has 0 saturated heterocycles. The third-order valence-electron chi connectivity index (χ3n) is 1.69. The van der Waals surface area contributed by atoms with Crippen molar-refractivity contribution in [3.63, 3.8) is 0 Å². The monoisotopic (exact) mass is 272 g/mol. The highest BCUT2D eigenvalue weighted by atomic mass is 79.9. The van der Waals surface area contributed by atoms with Crippen LogP contribution < -0.4 is 5.32 Å². The van der Waals surface area contributed by atoms with E-state index in [-0.39, 0.29) is 6.04 Å². The van der Waals surface area contributed by atoms with Gasteiger partial charge in [-0.1, -0.05) is 0 Å². The molecule has 0 aliphatic carbocycles. The molecular formula is C10H13BrN2O2. The smallest absolute Gasteiger partial charge is 0.341 e. The molecule has 82 valence electrons. The zero-order valence-electron chi connectivity index (χ0n) is 8.87. The number of carbonyl (C=O) groups is 1. The maximum atomic E-state index is 11.4. The Morgan fingerprint density at radius 3 is 2.80 bits per heavy atom. The SMILES string of the molecule is COC(=O)c1cc(Br)cnc1NC(C)C. The quantitative estimate of drug-likeness (QED) is 0.859. The van der Waals surface area contributed by atoms with Gasteiger partial charge in [-0.2, -0.15) is 0 Å². The van der Waals surface area contributed by atoms with Crippen LogP contribution in [0.5, 0.6) is 0 Å². The average Bonchev–Trinajstić information content (AvgIpc) is 2.19. The van der Waals surface area contributed by atoms with E-state index in [9.17, 15) is 4.79 Å². The van der Waals surface area contributed by atoms with Crippen molar-refractivity contribution in [2.24, 2.45) is 0 Å². The van der Waals surface area contributed by atoms with Gasteiger partial charge in [0, 0.05) is 16.7 Å². The molecule has 1 aromatic rings. The fourth-order valence-corrected chi connectivity index (χ4v) is 1.42. The van der Waals surface area contributed by atoms with Crippen LogP contribution >= 0.6 is 15.9 Å². The number of pyridine rings is 1. The molecule has 1 rings (SSSR count). The van der Waals surface area contributed by atoms with Crippen LogP contribution in [-0.4, -0.2) is 24.1 Å². The molecule has 0 unspecified atom stereocenters. The Kier molecular flexibility index (Phi) is 4.08. The first kappa shape index (κ1) is 12.0. The van der Waals surface area contributed by atoms with Crippen molar-refractivity contribution in [2.75, 3.05) is 12.4 Å². The second kappa shape index (κ2) is 5.11. The summed E-state index contributed by atoms with van der Waals surface area (Å²) in [5, 5.41) is 3.08. The molecule has 0 aromatic carbocycles. The third-order valence-corrected chi connectivity index (χ3v) is 2.12. The molecule has 1 heterocycles. The van der Waals surface area contributed by atoms with E-state index in [0.717, 1.165) is 4.47 Å². The van der Waals surface area contributed by atoms with Gasteiger partial charge in [-0.15, -0.1) is 0 Å². The Morgan fingerprint density at radius 1 is 1.60 bits per heavy atom. The van der Waals surface area contributed by atoms with Crippen molar-refractivity contribution in [3.05, 3.63) is 22.3 Å². The van der Waals surface area contributed by atoms with E-state index in [1.807, 2.05) is 13.8 Å². The molecule has 1 N–H and O–H groups in total. The number of halogens is 1. The van der Waals surface area contributed by atoms with Crippen LogP contribution in [0.15, 0.2) is 16.7 Å². The molecule has 0 aliphatic heterocycles. The zero-order valence-corrected chi connectivity index (χ0v) is 10.5. The van der Waals surface area contributed by atoms with Gasteiger partial charge in [0.05, 0.1) is 7.11 Å². The molecule has 0 saturated carbocycles. The highest BCUT2D eigenvalue weighted by Crippen LogP contribution is 2.19. The van der Waals surface area contributed by atoms with Crippen molar-refractivity contribution in [1.82, 2.24) is 4.98 Å². The van der Waals surface area contributed by atoms with Crippen molar-refractivity contribution in [2.45, 2.75) is 19.9 Å². The molecule has 0 fully saturated rings. The molecule has 4 nitrogen and oxygen atoms in total. The lowest BCUT2D eigenvalue weighted by molar-refractivity contribution is 0.0601. The summed E-state index contributed by atoms with van der Waals surface area (Å²) in [5.41, 5.74) is 0.431. The van der Waals surface area contributed by atoms with Gasteiger partial charge < -0.3 is 10.1 Å². The van der Waals surface area contributed by atoms with E-state index in [1.54, 1.807) is 12.3 Å². The summed E-state index contributed by atoms with van der Waals surface area (Å²) in [4.78, 5) is 15.6. The summed E-state index contributed by atoms with van der Waals surface area (Å²) in [6.45, 7) is 3.95. The highest BCUT2D eigenvalue weighted by molar-refractivity contribution is 9.10. The average molecular weight is 273 g/mol. The van der Waals surface area contributed by atoms with Crippen molar-refractivity contribution in [3.8, 4) is 0 Å². The Bertz CT molecular complexity index is 366. The Labute approximate surface area is 97.2 Å². The number of carbonyl (C=O) groups excluding carboxylic acids is 1. The summed E-state index contributed by atoms with van der Waals surface area (Å²) in [6.07, 6.45) is 1.64. The first-order chi connectivity index (χ1) is 7.04. The highest BCUT2D eigenvalue weighted by Gasteiger charge is 2.14. The van der Waals surface area contributed by atoms with Gasteiger partial charge in [-0.25, -0.2) is 9.78 Å². The molecule has 0 amide bonds. The minimum atomic E-state index is -0.396. The molecule has 0 aliphatic rings. The number of aromatic nitrogens is 1. The summed E-state index contributed by atoms with van der Waals surface area (Å²) in [6, 6.07) is 1.89. The van der Waals surface area contributed by atoms with E-state index in [0.29, 0.717) is 11.4 Å². The van der Waals surface area contributed by atoms with Crippen molar-refractivity contribution >= 4 is 27.7 Å². The molecular weight excluding hydrogens is 260 g/mol. The van der Waals surface area contributed by atoms with Crippen LogP contribution in [0.1, 0.15) is 24.2 Å². The molecule has 0 spiro atoms. The summed E-state index contributed by atoms with van der Waals surface area (Å²) < 4.78 is 5.42. The number of methoxy groups -OCH3 is 1. The Balaban J connectivity index is 3.08. The van der Waals surface area contributed by atoms with E-state index in [4.69, 9.17) is 0 Å². The first-order valence-electron chi connectivity index (χ1n) is 4.55. The molecule has 0 atom stereocenters. The predicted octanol–water partition coefficient (Wildman–Crippen LogP) is 2.45. The lowest BCUT2D eigenvalue weighted by Crippen LogP contribution is -2.15. The van der Waals surface area contributed by atoms with Crippen LogP contribution in [0.25, 0.3) is 0 Å². The van der Waals surface area contributed by atoms with Gasteiger partial charge in [0.25, 0.3) is 0 Å². The van der Waals surface area contributed by atoms with E-state index in [1.165, 1.54) is 7.11 Å². The van der Waals surface area contributed by atoms with E-state index >= 15 is 0 Å². The van der Waals surface area contributed by atoms with Gasteiger partial charge in [-0.05, 0) is 35.8 Å². The standard InChI is InChI=1S/C10H13BrN2O2/c1-6(2)13-9-8(10(14)15-3)4-7(11)5-12-9/h4-6H,1-3H3,(H,12,13). The summed E-state index contributed by atoms with van der Waals surface area (Å²) in [7, 11) is 1.35. The van der Waals surface area contributed by atoms with Gasteiger partial charge in [0.1, 0.15) is 11.4 Å². The lowest BCUT2D eigenvalue weighted by Gasteiger charge is -2.12. The predicted molar refractivity (Wildman–Crippen MR) is 62.0 cm³/mol. The summed E-state index contributed by atoms with van der Waals surface area (Å²) in [5.74, 6) is 0.145. The van der Waals surface area contributed by atoms with Gasteiger partial charge in [-0.3, -0.25) is 0 Å². The third kappa shape index (κ3) is 3.20. The zero-order chi connectivity index (χ0) is 11.4. The molecule has 0 bridgehead atoms. The van der Waals surface area contributed by atoms with Crippen LogP contribution in [-0.2, 0) is 4.74 Å². The van der Waals surface area contributed by atoms with Crippen LogP contribution in [0, 0.1) is 0 Å². The van der Waals surface area contributed by atoms with Gasteiger partial charge >= 0.3 is 5.97 Å². The van der Waals surface area contributed by atoms with E-state index in [2.05, 4.69) is 31.0 Å². The number of anilines is 1. The minimum Gasteiger partial charge on any atom is -0.465 e. The maximum Gasteiger partial charge on any atom is 0.341 e. The van der Waals surface area contributed by atoms with E-state index < -0.39 is 5.97 Å². The number of hydrogen-bond acceptors (Lipinski definition) is 4. The second-order valence-corrected chi connectivity index (χ2v) is 4.26. The maximum absolute atomic E-state index is 11.4. The topological polar surface area (TPSA) is 51.2 Å². The van der Waals surface area contributed by atoms with Crippen LogP contribution in [0.3, 0.4) is 0 Å². The minimum absolute atomic E-state index is 0.210. The lowest BCUT2D eigenvalue weighted by atomic mass is 10.2. The summed E-state index contributed by atoms with van der Waals surface area (Å²) >= 11 is 3.26. The van der Waals surface area contributed by atoms with Gasteiger partial charge in [0.2, 0.25) is 0 Å². The first-order valence-corrected chi connectivity index (χ1v) is 5.34. The number of nitrogens with zero attached hydrogens (tertiary/aromatic N) is 1. The number of esters is 1. The van der Waals surface area contributed by atoms with Gasteiger partial charge in [0.15, 0.2) is 0 Å². The van der Waals surface area contributed by atoms with Crippen LogP contribution in [0.4, 0.5) is 5.82 Å². The molecule has 0 radical (unpaired) electrons.